The monoisotopic (exact) mass is 411 g/mol. The van der Waals surface area contributed by atoms with Crippen LogP contribution in [0.4, 0.5) is 0 Å². The van der Waals surface area contributed by atoms with Gasteiger partial charge < -0.3 is 20.1 Å². The van der Waals surface area contributed by atoms with Crippen LogP contribution in [0.25, 0.3) is 0 Å². The van der Waals surface area contributed by atoms with Crippen molar-refractivity contribution in [1.82, 2.24) is 15.2 Å². The largest absolute Gasteiger partial charge is 0.491 e. The van der Waals surface area contributed by atoms with Crippen molar-refractivity contribution < 1.29 is 9.84 Å². The molecule has 30 heavy (non-hydrogen) atoms. The van der Waals surface area contributed by atoms with Crippen molar-refractivity contribution in [2.75, 3.05) is 26.7 Å². The fourth-order valence-corrected chi connectivity index (χ4v) is 4.19. The number of likely N-dealkylation sites (N-methyl/N-ethyl adjacent to an activating group) is 1. The molecule has 5 nitrogen and oxygen atoms in total. The van der Waals surface area contributed by atoms with Gasteiger partial charge in [-0.1, -0.05) is 37.5 Å². The van der Waals surface area contributed by atoms with E-state index in [0.29, 0.717) is 19.2 Å². The van der Waals surface area contributed by atoms with Crippen molar-refractivity contribution in [1.29, 1.82) is 0 Å². The zero-order chi connectivity index (χ0) is 21.0. The predicted molar refractivity (Wildman–Crippen MR) is 122 cm³/mol. The quantitative estimate of drug-likeness (QED) is 0.520. The molecule has 1 fully saturated rings. The minimum absolute atomic E-state index is 0.332. The topological polar surface area (TPSA) is 57.6 Å². The van der Waals surface area contributed by atoms with Gasteiger partial charge in [0.15, 0.2) is 0 Å². The lowest BCUT2D eigenvalue weighted by atomic mass is 9.94. The molecule has 1 aromatic heterocycles. The maximum atomic E-state index is 10.4. The molecular formula is C25H37N3O2. The van der Waals surface area contributed by atoms with Gasteiger partial charge in [0.05, 0.1) is 0 Å². The molecule has 0 aliphatic heterocycles. The molecule has 1 heterocycles. The summed E-state index contributed by atoms with van der Waals surface area (Å²) in [5.74, 6) is 0.823. The highest BCUT2D eigenvalue weighted by Crippen LogP contribution is 2.21. The first-order valence-corrected chi connectivity index (χ1v) is 11.4. The number of aromatic nitrogens is 1. The van der Waals surface area contributed by atoms with E-state index in [2.05, 4.69) is 40.4 Å². The van der Waals surface area contributed by atoms with Crippen molar-refractivity contribution in [2.45, 2.75) is 63.6 Å². The zero-order valence-corrected chi connectivity index (χ0v) is 18.3. The van der Waals surface area contributed by atoms with Gasteiger partial charge in [-0.2, -0.15) is 0 Å². The van der Waals surface area contributed by atoms with Gasteiger partial charge in [0, 0.05) is 31.5 Å². The molecule has 0 saturated heterocycles. The normalized spacial score (nSPS) is 16.0. The molecule has 164 valence electrons. The van der Waals surface area contributed by atoms with E-state index in [0.717, 1.165) is 31.7 Å². The Morgan fingerprint density at radius 2 is 2.00 bits per heavy atom. The first-order valence-electron chi connectivity index (χ1n) is 11.4. The van der Waals surface area contributed by atoms with Gasteiger partial charge in [-0.3, -0.25) is 4.98 Å². The average molecular weight is 412 g/mol. The van der Waals surface area contributed by atoms with Crippen LogP contribution in [0.3, 0.4) is 0 Å². The molecule has 2 N–H and O–H groups in total. The Kier molecular flexibility index (Phi) is 9.61. The third-order valence-corrected chi connectivity index (χ3v) is 5.91. The van der Waals surface area contributed by atoms with E-state index in [-0.39, 0.29) is 0 Å². The van der Waals surface area contributed by atoms with E-state index in [1.807, 2.05) is 30.6 Å². The Hall–Kier alpha value is -1.95. The van der Waals surface area contributed by atoms with Crippen molar-refractivity contribution in [3.8, 4) is 5.75 Å². The molecule has 0 spiro atoms. The van der Waals surface area contributed by atoms with Gasteiger partial charge in [-0.05, 0) is 68.6 Å². The summed E-state index contributed by atoms with van der Waals surface area (Å²) >= 11 is 0. The summed E-state index contributed by atoms with van der Waals surface area (Å²) in [5, 5.41) is 13.9. The van der Waals surface area contributed by atoms with Crippen LogP contribution < -0.4 is 10.1 Å². The van der Waals surface area contributed by atoms with E-state index in [4.69, 9.17) is 4.74 Å². The summed E-state index contributed by atoms with van der Waals surface area (Å²) < 4.78 is 5.87. The third-order valence-electron chi connectivity index (χ3n) is 5.91. The fraction of sp³-hybridized carbons (Fsp3) is 0.560. The number of ether oxygens (including phenoxy) is 1. The van der Waals surface area contributed by atoms with Crippen LogP contribution in [0.5, 0.6) is 5.75 Å². The van der Waals surface area contributed by atoms with Crippen molar-refractivity contribution >= 4 is 0 Å². The maximum Gasteiger partial charge on any atom is 0.119 e. The van der Waals surface area contributed by atoms with Gasteiger partial charge in [0.1, 0.15) is 18.5 Å². The van der Waals surface area contributed by atoms with Gasteiger partial charge in [0.2, 0.25) is 0 Å². The Labute approximate surface area is 181 Å². The lowest BCUT2D eigenvalue weighted by Gasteiger charge is -2.32. The van der Waals surface area contributed by atoms with E-state index >= 15 is 0 Å². The summed E-state index contributed by atoms with van der Waals surface area (Å²) in [6.07, 6.45) is 11.9. The molecule has 1 atom stereocenters. The number of rotatable bonds is 12. The van der Waals surface area contributed by atoms with Crippen LogP contribution in [0.15, 0.2) is 48.8 Å². The van der Waals surface area contributed by atoms with E-state index in [1.54, 1.807) is 0 Å². The molecule has 1 aromatic carbocycles. The van der Waals surface area contributed by atoms with Gasteiger partial charge in [-0.25, -0.2) is 0 Å². The van der Waals surface area contributed by atoms with Gasteiger partial charge in [-0.15, -0.1) is 0 Å². The molecule has 1 saturated carbocycles. The van der Waals surface area contributed by atoms with Crippen molar-refractivity contribution in [2.24, 2.45) is 0 Å². The van der Waals surface area contributed by atoms with Gasteiger partial charge in [0.25, 0.3) is 0 Å². The Bertz CT molecular complexity index is 719. The molecular weight excluding hydrogens is 374 g/mol. The fourth-order valence-electron chi connectivity index (χ4n) is 4.19. The van der Waals surface area contributed by atoms with Gasteiger partial charge >= 0.3 is 0 Å². The number of nitrogens with zero attached hydrogens (tertiary/aromatic N) is 2. The van der Waals surface area contributed by atoms with Crippen molar-refractivity contribution in [3.63, 3.8) is 0 Å². The molecule has 1 aliphatic rings. The van der Waals surface area contributed by atoms with Crippen LogP contribution in [-0.4, -0.2) is 53.9 Å². The standard InChI is InChI=1S/C25H37N3O2/c1-28(23-11-3-2-4-12-23)19-24(29)20-30-25-13-5-8-22(16-25)18-27-15-7-10-21-9-6-14-26-17-21/h5-6,8-9,13-14,16-17,23-24,27,29H,2-4,7,10-12,15,18-20H2,1H3/t24-/m0/s1. The number of aryl methyl sites for hydroxylation is 1. The average Bonchev–Trinajstić information content (AvgIpc) is 2.79. The molecule has 2 aromatic rings. The molecule has 0 radical (unpaired) electrons. The highest BCUT2D eigenvalue weighted by Gasteiger charge is 2.20. The molecule has 5 heteroatoms. The first-order chi connectivity index (χ1) is 14.7. The Balaban J connectivity index is 1.33. The predicted octanol–water partition coefficient (Wildman–Crippen LogP) is 3.81. The van der Waals surface area contributed by atoms with Crippen LogP contribution in [-0.2, 0) is 13.0 Å². The van der Waals surface area contributed by atoms with Crippen LogP contribution in [0.1, 0.15) is 49.7 Å². The summed E-state index contributed by atoms with van der Waals surface area (Å²) in [6.45, 7) is 2.78. The molecule has 0 amide bonds. The molecule has 0 unspecified atom stereocenters. The molecule has 1 aliphatic carbocycles. The lowest BCUT2D eigenvalue weighted by molar-refractivity contribution is 0.0561. The van der Waals surface area contributed by atoms with Crippen LogP contribution >= 0.6 is 0 Å². The number of nitrogens with one attached hydrogen (secondary N) is 1. The maximum absolute atomic E-state index is 10.4. The smallest absolute Gasteiger partial charge is 0.119 e. The Morgan fingerprint density at radius 3 is 2.80 bits per heavy atom. The van der Waals surface area contributed by atoms with Crippen LogP contribution in [0.2, 0.25) is 0 Å². The van der Waals surface area contributed by atoms with E-state index < -0.39 is 6.10 Å². The second-order valence-corrected chi connectivity index (χ2v) is 8.49. The summed E-state index contributed by atoms with van der Waals surface area (Å²) in [6, 6.07) is 12.9. The number of aliphatic hydroxyl groups excluding tert-OH is 1. The lowest BCUT2D eigenvalue weighted by Crippen LogP contribution is -2.40. The minimum atomic E-state index is -0.466. The summed E-state index contributed by atoms with van der Waals surface area (Å²) in [7, 11) is 2.12. The minimum Gasteiger partial charge on any atom is -0.491 e. The number of hydrogen-bond acceptors (Lipinski definition) is 5. The van der Waals surface area contributed by atoms with E-state index in [1.165, 1.54) is 43.2 Å². The second kappa shape index (κ2) is 12.7. The number of pyridine rings is 1. The number of aliphatic hydroxyl groups is 1. The summed E-state index contributed by atoms with van der Waals surface area (Å²) in [4.78, 5) is 6.46. The number of hydrogen-bond donors (Lipinski definition) is 2. The highest BCUT2D eigenvalue weighted by atomic mass is 16.5. The number of benzene rings is 1. The van der Waals surface area contributed by atoms with Crippen molar-refractivity contribution in [3.05, 3.63) is 59.9 Å². The first kappa shape index (κ1) is 22.7. The third kappa shape index (κ3) is 8.05. The Morgan fingerprint density at radius 1 is 1.17 bits per heavy atom. The SMILES string of the molecule is CN(C[C@H](O)COc1cccc(CNCCCc2cccnc2)c1)C1CCCCC1. The van der Waals surface area contributed by atoms with Crippen LogP contribution in [0, 0.1) is 0 Å². The zero-order valence-electron chi connectivity index (χ0n) is 18.3. The molecule has 3 rings (SSSR count). The highest BCUT2D eigenvalue weighted by molar-refractivity contribution is 5.28. The van der Waals surface area contributed by atoms with E-state index in [9.17, 15) is 5.11 Å². The second-order valence-electron chi connectivity index (χ2n) is 8.49. The summed E-state index contributed by atoms with van der Waals surface area (Å²) in [5.41, 5.74) is 2.48. The molecule has 0 bridgehead atoms.